The number of carbonyl (C=O) groups excluding carboxylic acids is 2. The Kier molecular flexibility index (Phi) is 5.70. The van der Waals surface area contributed by atoms with E-state index in [-0.39, 0.29) is 40.9 Å². The first-order valence-electron chi connectivity index (χ1n) is 9.07. The van der Waals surface area contributed by atoms with Crippen molar-refractivity contribution in [3.05, 3.63) is 40.6 Å². The van der Waals surface area contributed by atoms with E-state index in [2.05, 4.69) is 5.32 Å². The maximum atomic E-state index is 13.9. The van der Waals surface area contributed by atoms with Gasteiger partial charge in [-0.15, -0.1) is 11.8 Å². The van der Waals surface area contributed by atoms with Gasteiger partial charge in [-0.2, -0.15) is 0 Å². The number of nitrogens with zero attached hydrogens (tertiary/aromatic N) is 1. The number of carbonyl (C=O) groups is 2. The Balaban J connectivity index is 1.75. The summed E-state index contributed by atoms with van der Waals surface area (Å²) < 4.78 is 13.9. The lowest BCUT2D eigenvalue weighted by molar-refractivity contribution is -0.132. The van der Waals surface area contributed by atoms with Gasteiger partial charge in [0.05, 0.1) is 4.91 Å². The fourth-order valence-corrected chi connectivity index (χ4v) is 5.14. The molecule has 0 spiro atoms. The lowest BCUT2D eigenvalue weighted by Gasteiger charge is -2.44. The maximum Gasteiger partial charge on any atom is 0.260 e. The van der Waals surface area contributed by atoms with Gasteiger partial charge in [-0.25, -0.2) is 4.39 Å². The minimum Gasteiger partial charge on any atom is -0.354 e. The minimum absolute atomic E-state index is 0.0435. The van der Waals surface area contributed by atoms with E-state index >= 15 is 0 Å². The van der Waals surface area contributed by atoms with E-state index in [4.69, 9.17) is 0 Å². The summed E-state index contributed by atoms with van der Waals surface area (Å²) in [5, 5.41) is 3.23. The first kappa shape index (κ1) is 19.0. The van der Waals surface area contributed by atoms with Crippen LogP contribution in [0.4, 0.5) is 4.39 Å². The van der Waals surface area contributed by atoms with Gasteiger partial charge >= 0.3 is 0 Å². The summed E-state index contributed by atoms with van der Waals surface area (Å²) in [5.74, 6) is -0.389. The first-order chi connectivity index (χ1) is 12.4. The molecule has 1 aromatic carbocycles. The predicted octanol–water partition coefficient (Wildman–Crippen LogP) is 3.43. The van der Waals surface area contributed by atoms with Crippen LogP contribution in [-0.2, 0) is 9.59 Å². The largest absolute Gasteiger partial charge is 0.354 e. The second-order valence-corrected chi connectivity index (χ2v) is 8.62. The van der Waals surface area contributed by atoms with Gasteiger partial charge in [0.25, 0.3) is 5.91 Å². The standard InChI is InChI=1S/C20H25FN2O2S/c1-12(2)22-19(24)14-8-9-17-16(10-14)23(3)20(25)18(26-17)11-13-6-4-5-7-15(13)21/h4-7,11-12,14,16-17H,8-10H2,1-3H3,(H,22,24)/b18-11-. The van der Waals surface area contributed by atoms with Crippen LogP contribution < -0.4 is 5.32 Å². The zero-order valence-electron chi connectivity index (χ0n) is 15.4. The van der Waals surface area contributed by atoms with Crippen LogP contribution in [0.5, 0.6) is 0 Å². The number of likely N-dealkylation sites (N-methyl/N-ethyl adjacent to an activating group) is 1. The molecule has 140 valence electrons. The van der Waals surface area contributed by atoms with Crippen LogP contribution in [-0.4, -0.2) is 41.1 Å². The van der Waals surface area contributed by atoms with Crippen LogP contribution in [0.3, 0.4) is 0 Å². The molecule has 3 atom stereocenters. The summed E-state index contributed by atoms with van der Waals surface area (Å²) in [6.07, 6.45) is 4.03. The Morgan fingerprint density at radius 2 is 2.08 bits per heavy atom. The van der Waals surface area contributed by atoms with Crippen molar-refractivity contribution >= 4 is 29.7 Å². The van der Waals surface area contributed by atoms with Crippen molar-refractivity contribution in [2.75, 3.05) is 7.05 Å². The predicted molar refractivity (Wildman–Crippen MR) is 103 cm³/mol. The van der Waals surface area contributed by atoms with Gasteiger partial charge in [0.2, 0.25) is 5.91 Å². The molecule has 1 N–H and O–H groups in total. The number of fused-ring (bicyclic) bond motifs is 1. The zero-order chi connectivity index (χ0) is 18.8. The average Bonchev–Trinajstić information content (AvgIpc) is 2.60. The quantitative estimate of drug-likeness (QED) is 0.822. The van der Waals surface area contributed by atoms with E-state index in [1.807, 2.05) is 13.8 Å². The number of hydrogen-bond acceptors (Lipinski definition) is 3. The SMILES string of the molecule is CC(C)NC(=O)C1CCC2S/C(=C\c3ccccc3F)C(=O)N(C)C2C1. The highest BCUT2D eigenvalue weighted by molar-refractivity contribution is 8.04. The monoisotopic (exact) mass is 376 g/mol. The smallest absolute Gasteiger partial charge is 0.260 e. The van der Waals surface area contributed by atoms with Crippen molar-refractivity contribution in [3.8, 4) is 0 Å². The number of thioether (sulfide) groups is 1. The van der Waals surface area contributed by atoms with Crippen LogP contribution >= 0.6 is 11.8 Å². The molecular weight excluding hydrogens is 351 g/mol. The van der Waals surface area contributed by atoms with Gasteiger partial charge in [-0.05, 0) is 45.3 Å². The third-order valence-corrected chi connectivity index (χ3v) is 6.45. The van der Waals surface area contributed by atoms with E-state index in [0.717, 1.165) is 12.8 Å². The molecule has 1 aliphatic carbocycles. The summed E-state index contributed by atoms with van der Waals surface area (Å²) in [7, 11) is 1.79. The lowest BCUT2D eigenvalue weighted by atomic mass is 9.83. The molecule has 0 bridgehead atoms. The summed E-state index contributed by atoms with van der Waals surface area (Å²) in [5.41, 5.74) is 0.431. The number of halogens is 1. The molecular formula is C20H25FN2O2S. The van der Waals surface area contributed by atoms with Gasteiger partial charge < -0.3 is 10.2 Å². The fraction of sp³-hybridized carbons (Fsp3) is 0.500. The molecule has 6 heteroatoms. The van der Waals surface area contributed by atoms with Crippen molar-refractivity contribution < 1.29 is 14.0 Å². The highest BCUT2D eigenvalue weighted by Crippen LogP contribution is 2.43. The van der Waals surface area contributed by atoms with Gasteiger partial charge in [-0.1, -0.05) is 18.2 Å². The van der Waals surface area contributed by atoms with Crippen LogP contribution in [0.2, 0.25) is 0 Å². The third-order valence-electron chi connectivity index (χ3n) is 5.06. The van der Waals surface area contributed by atoms with Gasteiger partial charge in [0.15, 0.2) is 0 Å². The fourth-order valence-electron chi connectivity index (χ4n) is 3.67. The topological polar surface area (TPSA) is 49.4 Å². The molecule has 0 radical (unpaired) electrons. The number of nitrogens with one attached hydrogen (secondary N) is 1. The van der Waals surface area contributed by atoms with Crippen LogP contribution in [0.15, 0.2) is 29.2 Å². The molecule has 2 fully saturated rings. The molecule has 1 saturated heterocycles. The van der Waals surface area contributed by atoms with E-state index in [1.165, 1.54) is 17.8 Å². The lowest BCUT2D eigenvalue weighted by Crippen LogP contribution is -2.52. The minimum atomic E-state index is -0.327. The molecule has 26 heavy (non-hydrogen) atoms. The molecule has 1 heterocycles. The molecule has 1 aromatic rings. The molecule has 0 aromatic heterocycles. The Labute approximate surface area is 158 Å². The summed E-state index contributed by atoms with van der Waals surface area (Å²) in [6, 6.07) is 6.64. The number of rotatable bonds is 3. The number of amides is 2. The van der Waals surface area contributed by atoms with Crippen molar-refractivity contribution in [2.24, 2.45) is 5.92 Å². The summed E-state index contributed by atoms with van der Waals surface area (Å²) in [4.78, 5) is 27.4. The molecule has 3 rings (SSSR count). The molecule has 1 aliphatic heterocycles. The Morgan fingerprint density at radius 3 is 2.77 bits per heavy atom. The van der Waals surface area contributed by atoms with E-state index in [9.17, 15) is 14.0 Å². The third kappa shape index (κ3) is 3.95. The molecule has 3 unspecified atom stereocenters. The van der Waals surface area contributed by atoms with Gasteiger partial charge in [0.1, 0.15) is 5.82 Å². The first-order valence-corrected chi connectivity index (χ1v) is 9.95. The van der Waals surface area contributed by atoms with Gasteiger partial charge in [-0.3, -0.25) is 9.59 Å². The summed E-state index contributed by atoms with van der Waals surface area (Å²) in [6.45, 7) is 3.91. The highest BCUT2D eigenvalue weighted by Gasteiger charge is 2.42. The van der Waals surface area contributed by atoms with Crippen LogP contribution in [0, 0.1) is 11.7 Å². The number of benzene rings is 1. The molecule has 1 saturated carbocycles. The molecule has 4 nitrogen and oxygen atoms in total. The number of hydrogen-bond donors (Lipinski definition) is 1. The van der Waals surface area contributed by atoms with Crippen molar-refractivity contribution in [2.45, 2.75) is 50.4 Å². The summed E-state index contributed by atoms with van der Waals surface area (Å²) >= 11 is 1.53. The highest BCUT2D eigenvalue weighted by atomic mass is 32.2. The molecule has 2 amide bonds. The van der Waals surface area contributed by atoms with E-state index < -0.39 is 0 Å². The van der Waals surface area contributed by atoms with Crippen molar-refractivity contribution in [1.29, 1.82) is 0 Å². The van der Waals surface area contributed by atoms with Crippen LogP contribution in [0.1, 0.15) is 38.7 Å². The Bertz CT molecular complexity index is 734. The second-order valence-electron chi connectivity index (χ2n) is 7.34. The Morgan fingerprint density at radius 1 is 1.35 bits per heavy atom. The van der Waals surface area contributed by atoms with Gasteiger partial charge in [0, 0.05) is 35.9 Å². The van der Waals surface area contributed by atoms with Crippen molar-refractivity contribution in [1.82, 2.24) is 10.2 Å². The zero-order valence-corrected chi connectivity index (χ0v) is 16.2. The second kappa shape index (κ2) is 7.82. The average molecular weight is 376 g/mol. The van der Waals surface area contributed by atoms with Crippen LogP contribution in [0.25, 0.3) is 6.08 Å². The van der Waals surface area contributed by atoms with E-state index in [0.29, 0.717) is 16.9 Å². The van der Waals surface area contributed by atoms with E-state index in [1.54, 1.807) is 36.2 Å². The normalized spacial score (nSPS) is 27.6. The van der Waals surface area contributed by atoms with Crippen molar-refractivity contribution in [3.63, 3.8) is 0 Å². The Hall–Kier alpha value is -1.82. The molecule has 2 aliphatic rings. The maximum absolute atomic E-state index is 13.9.